The Balaban J connectivity index is 0.000000390. The van der Waals surface area contributed by atoms with E-state index in [0.717, 1.165) is 28.1 Å². The van der Waals surface area contributed by atoms with Crippen LogP contribution < -0.4 is 21.7 Å². The standard InChI is InChI=1S/C14H15N3O4.C11H18N4O3.C7H8O.C4H10/c18-8-15-7-13(19)17-12(14(20)21)5-9-6-16-11-4-2-1-3-10(9)11;1-7(2-3-10(16)17)15-11(18)9(12)4-8-5-13-6-14-8;1-6-2-4-7(8)5-3-6;1-4(2)3/h1-4,6,8,12,16H,5,7H2,(H,15,18)(H,17,19)(H,20,21);5-7,9H,2-4,12H2,1H3,(H,13,14)(H,15,18)(H,16,17);2-5,8H,1H3;4H,1-3H3. The van der Waals surface area contributed by atoms with Crippen molar-refractivity contribution in [3.05, 3.63) is 84.1 Å². The van der Waals surface area contributed by atoms with Crippen molar-refractivity contribution >= 4 is 41.1 Å². The second kappa shape index (κ2) is 23.6. The first-order chi connectivity index (χ1) is 24.1. The molecule has 15 heteroatoms. The van der Waals surface area contributed by atoms with Crippen LogP contribution in [-0.2, 0) is 36.8 Å². The van der Waals surface area contributed by atoms with Gasteiger partial charge in [0.05, 0.1) is 18.9 Å². The number of aliphatic carboxylic acids is 2. The predicted octanol–water partition coefficient (Wildman–Crippen LogP) is 3.04. The van der Waals surface area contributed by atoms with Crippen LogP contribution in [0.3, 0.4) is 0 Å². The molecule has 278 valence electrons. The molecule has 0 saturated carbocycles. The van der Waals surface area contributed by atoms with E-state index < -0.39 is 29.9 Å². The Morgan fingerprint density at radius 1 is 0.941 bits per heavy atom. The average Bonchev–Trinajstić information content (AvgIpc) is 3.74. The third-order valence-electron chi connectivity index (χ3n) is 6.62. The number of para-hydroxylation sites is 1. The van der Waals surface area contributed by atoms with E-state index in [1.165, 1.54) is 11.9 Å². The van der Waals surface area contributed by atoms with Gasteiger partial charge in [0.25, 0.3) is 0 Å². The van der Waals surface area contributed by atoms with Crippen LogP contribution in [0.15, 0.2) is 67.3 Å². The number of nitrogens with two attached hydrogens (primary N) is 1. The van der Waals surface area contributed by atoms with Crippen LogP contribution in [0.5, 0.6) is 5.75 Å². The molecule has 0 aliphatic heterocycles. The van der Waals surface area contributed by atoms with Gasteiger partial charge in [-0.25, -0.2) is 9.78 Å². The highest BCUT2D eigenvalue weighted by Crippen LogP contribution is 2.19. The van der Waals surface area contributed by atoms with Crippen molar-refractivity contribution in [3.63, 3.8) is 0 Å². The third kappa shape index (κ3) is 19.2. The highest BCUT2D eigenvalue weighted by Gasteiger charge is 2.21. The summed E-state index contributed by atoms with van der Waals surface area (Å²) in [6, 6.07) is 12.7. The predicted molar refractivity (Wildman–Crippen MR) is 194 cm³/mol. The summed E-state index contributed by atoms with van der Waals surface area (Å²) >= 11 is 0. The van der Waals surface area contributed by atoms with Crippen LogP contribution in [-0.4, -0.2) is 85.1 Å². The van der Waals surface area contributed by atoms with Crippen LogP contribution in [0.25, 0.3) is 10.9 Å². The summed E-state index contributed by atoms with van der Waals surface area (Å²) in [5, 5.41) is 34.7. The van der Waals surface area contributed by atoms with Gasteiger partial charge in [0.15, 0.2) is 0 Å². The summed E-state index contributed by atoms with van der Waals surface area (Å²) in [7, 11) is 0. The number of fused-ring (bicyclic) bond motifs is 1. The van der Waals surface area contributed by atoms with Gasteiger partial charge < -0.3 is 47.0 Å². The van der Waals surface area contributed by atoms with Gasteiger partial charge in [-0.1, -0.05) is 56.7 Å². The first-order valence-corrected chi connectivity index (χ1v) is 16.4. The molecule has 0 aliphatic carbocycles. The molecule has 4 aromatic rings. The Morgan fingerprint density at radius 3 is 2.14 bits per heavy atom. The number of hydrogen-bond donors (Lipinski definition) is 9. The third-order valence-corrected chi connectivity index (χ3v) is 6.62. The van der Waals surface area contributed by atoms with Crippen LogP contribution >= 0.6 is 0 Å². The molecule has 0 spiro atoms. The van der Waals surface area contributed by atoms with E-state index >= 15 is 0 Å². The van der Waals surface area contributed by atoms with Gasteiger partial charge in [-0.3, -0.25) is 19.2 Å². The maximum absolute atomic E-state index is 11.7. The molecule has 3 unspecified atom stereocenters. The second-order valence-corrected chi connectivity index (χ2v) is 12.3. The lowest BCUT2D eigenvalue weighted by Crippen LogP contribution is -2.45. The summed E-state index contributed by atoms with van der Waals surface area (Å²) in [6.07, 6.45) is 6.20. The zero-order chi connectivity index (χ0) is 38.3. The van der Waals surface area contributed by atoms with E-state index in [2.05, 4.69) is 51.7 Å². The van der Waals surface area contributed by atoms with Crippen molar-refractivity contribution in [2.45, 2.75) is 78.4 Å². The van der Waals surface area contributed by atoms with E-state index in [0.29, 0.717) is 25.0 Å². The molecular formula is C36H51N7O8. The quantitative estimate of drug-likeness (QED) is 0.0865. The number of rotatable bonds is 14. The number of phenolic OH excluding ortho intramolecular Hbond substituents is 1. The molecule has 3 amide bonds. The average molecular weight is 710 g/mol. The van der Waals surface area contributed by atoms with Crippen molar-refractivity contribution in [1.82, 2.24) is 30.9 Å². The molecule has 51 heavy (non-hydrogen) atoms. The molecule has 3 atom stereocenters. The molecule has 0 fully saturated rings. The largest absolute Gasteiger partial charge is 0.508 e. The number of carboxylic acid groups (broad SMARTS) is 2. The fourth-order valence-corrected chi connectivity index (χ4v) is 4.13. The lowest BCUT2D eigenvalue weighted by molar-refractivity contribution is -0.141. The second-order valence-electron chi connectivity index (χ2n) is 12.3. The lowest BCUT2D eigenvalue weighted by Gasteiger charge is -2.16. The van der Waals surface area contributed by atoms with Crippen LogP contribution in [0, 0.1) is 12.8 Å². The number of amides is 3. The van der Waals surface area contributed by atoms with Gasteiger partial charge in [0.1, 0.15) is 11.8 Å². The number of H-pyrrole nitrogens is 2. The van der Waals surface area contributed by atoms with Gasteiger partial charge in [0, 0.05) is 54.3 Å². The zero-order valence-corrected chi connectivity index (χ0v) is 29.7. The Bertz CT molecular complexity index is 1600. The summed E-state index contributed by atoms with van der Waals surface area (Å²) in [5.41, 5.74) is 9.41. The summed E-state index contributed by atoms with van der Waals surface area (Å²) in [4.78, 5) is 64.7. The Kier molecular flexibility index (Phi) is 20.1. The number of nitrogens with one attached hydrogen (secondary N) is 5. The van der Waals surface area contributed by atoms with Crippen LogP contribution in [0.1, 0.15) is 57.4 Å². The maximum atomic E-state index is 11.7. The van der Waals surface area contributed by atoms with Crippen LogP contribution in [0.2, 0.25) is 0 Å². The highest BCUT2D eigenvalue weighted by molar-refractivity contribution is 5.87. The molecule has 10 N–H and O–H groups in total. The number of aromatic hydroxyl groups is 1. The fraction of sp³-hybridized carbons (Fsp3) is 0.389. The Hall–Kier alpha value is -5.70. The summed E-state index contributed by atoms with van der Waals surface area (Å²) in [6.45, 7) is 9.99. The maximum Gasteiger partial charge on any atom is 0.326 e. The van der Waals surface area contributed by atoms with E-state index in [4.69, 9.17) is 15.9 Å². The normalized spacial score (nSPS) is 11.9. The number of carbonyl (C=O) groups is 5. The Morgan fingerprint density at radius 2 is 1.59 bits per heavy atom. The minimum atomic E-state index is -1.13. The first kappa shape index (κ1) is 43.3. The van der Waals surface area contributed by atoms with Crippen molar-refractivity contribution in [2.24, 2.45) is 11.7 Å². The molecule has 0 radical (unpaired) electrons. The highest BCUT2D eigenvalue weighted by atomic mass is 16.4. The summed E-state index contributed by atoms with van der Waals surface area (Å²) in [5.74, 6) is -1.68. The van der Waals surface area contributed by atoms with E-state index in [-0.39, 0.29) is 31.3 Å². The van der Waals surface area contributed by atoms with Crippen molar-refractivity contribution in [2.75, 3.05) is 6.54 Å². The molecule has 2 aromatic carbocycles. The molecule has 2 heterocycles. The number of carbonyl (C=O) groups excluding carboxylic acids is 3. The number of phenols is 1. The number of imidazole rings is 1. The Labute approximate surface area is 297 Å². The van der Waals surface area contributed by atoms with Gasteiger partial charge >= 0.3 is 11.9 Å². The zero-order valence-electron chi connectivity index (χ0n) is 29.7. The molecular weight excluding hydrogens is 658 g/mol. The molecule has 4 rings (SSSR count). The number of aromatic amines is 2. The lowest BCUT2D eigenvalue weighted by atomic mass is 10.1. The van der Waals surface area contributed by atoms with Gasteiger partial charge in [-0.2, -0.15) is 0 Å². The number of benzene rings is 2. The van der Waals surface area contributed by atoms with E-state index in [1.807, 2.05) is 43.3 Å². The summed E-state index contributed by atoms with van der Waals surface area (Å²) < 4.78 is 0. The van der Waals surface area contributed by atoms with Crippen molar-refractivity contribution in [3.8, 4) is 5.75 Å². The number of aryl methyl sites for hydroxylation is 1. The first-order valence-electron chi connectivity index (χ1n) is 16.4. The molecule has 15 nitrogen and oxygen atoms in total. The number of nitrogens with zero attached hydrogens (tertiary/aromatic N) is 1. The smallest absolute Gasteiger partial charge is 0.326 e. The molecule has 0 saturated heterocycles. The van der Waals surface area contributed by atoms with Crippen LogP contribution in [0.4, 0.5) is 0 Å². The van der Waals surface area contributed by atoms with Crippen molar-refractivity contribution in [1.29, 1.82) is 0 Å². The molecule has 0 aliphatic rings. The topological polar surface area (TPSA) is 253 Å². The van der Waals surface area contributed by atoms with Gasteiger partial charge in [-0.15, -0.1) is 0 Å². The molecule has 0 bridgehead atoms. The van der Waals surface area contributed by atoms with Crippen molar-refractivity contribution < 1.29 is 39.3 Å². The minimum absolute atomic E-state index is 0.0250. The number of carboxylic acids is 2. The number of hydrogen-bond acceptors (Lipinski definition) is 8. The van der Waals surface area contributed by atoms with Gasteiger partial charge in [0.2, 0.25) is 18.2 Å². The fourth-order valence-electron chi connectivity index (χ4n) is 4.13. The minimum Gasteiger partial charge on any atom is -0.508 e. The van der Waals surface area contributed by atoms with E-state index in [1.54, 1.807) is 31.5 Å². The SMILES string of the molecule is CC(C)C.CC(CCC(=O)O)NC(=O)C(N)Cc1cnc[nH]1.Cc1ccc(O)cc1.O=CNCC(=O)NC(Cc1c[nH]c2ccccc12)C(=O)O. The van der Waals surface area contributed by atoms with E-state index in [9.17, 15) is 29.1 Å². The monoisotopic (exact) mass is 709 g/mol. The van der Waals surface area contributed by atoms with Gasteiger partial charge in [-0.05, 0) is 49.9 Å². The molecule has 2 aromatic heterocycles. The number of aromatic nitrogens is 3.